The summed E-state index contributed by atoms with van der Waals surface area (Å²) in [5, 5.41) is 7.74. The van der Waals surface area contributed by atoms with Crippen LogP contribution in [0.2, 0.25) is 0 Å². The molecule has 1 aromatic heterocycles. The average molecular weight is 708 g/mol. The van der Waals surface area contributed by atoms with Gasteiger partial charge in [-0.2, -0.15) is 5.10 Å². The van der Waals surface area contributed by atoms with E-state index in [9.17, 15) is 14.4 Å². The monoisotopic (exact) mass is 707 g/mol. The molecule has 6 rings (SSSR count). The summed E-state index contributed by atoms with van der Waals surface area (Å²) in [6, 6.07) is 13.3. The van der Waals surface area contributed by atoms with Gasteiger partial charge in [-0.1, -0.05) is 36.4 Å². The largest absolute Gasteiger partial charge is 0.493 e. The molecule has 3 aromatic rings. The molecular formula is C37H50ClN7O5. The molecule has 270 valence electrons. The van der Waals surface area contributed by atoms with Gasteiger partial charge in [0.15, 0.2) is 17.3 Å². The number of rotatable bonds is 6. The van der Waals surface area contributed by atoms with Gasteiger partial charge in [0.05, 0.1) is 20.3 Å². The summed E-state index contributed by atoms with van der Waals surface area (Å²) in [6.45, 7) is 4.21. The zero-order valence-corrected chi connectivity index (χ0v) is 30.1. The number of nitrogens with zero attached hydrogens (tertiary/aromatic N) is 5. The van der Waals surface area contributed by atoms with Gasteiger partial charge < -0.3 is 30.3 Å². The molecule has 4 atom stereocenters. The van der Waals surface area contributed by atoms with Crippen LogP contribution in [0.25, 0.3) is 11.4 Å². The van der Waals surface area contributed by atoms with Crippen LogP contribution in [-0.4, -0.2) is 88.7 Å². The number of likely N-dealkylation sites (tertiary alicyclic amines) is 1. The van der Waals surface area contributed by atoms with E-state index in [4.69, 9.17) is 15.2 Å². The number of fused-ring (bicyclic) bond motifs is 6. The molecule has 0 radical (unpaired) electrons. The number of ether oxygens (including phenoxy) is 2. The molecule has 3 aliphatic heterocycles. The van der Waals surface area contributed by atoms with Crippen LogP contribution in [0.1, 0.15) is 68.4 Å². The van der Waals surface area contributed by atoms with Crippen LogP contribution in [0.5, 0.6) is 11.5 Å². The molecule has 2 aromatic carbocycles. The van der Waals surface area contributed by atoms with E-state index in [1.165, 1.54) is 0 Å². The molecule has 0 spiro atoms. The van der Waals surface area contributed by atoms with Crippen molar-refractivity contribution in [2.24, 2.45) is 17.6 Å². The number of methoxy groups -OCH3 is 2. The van der Waals surface area contributed by atoms with Crippen LogP contribution < -0.4 is 20.5 Å². The Labute approximate surface area is 300 Å². The Morgan fingerprint density at radius 2 is 1.82 bits per heavy atom. The molecule has 3 amide bonds. The quantitative estimate of drug-likeness (QED) is 0.392. The first kappa shape index (κ1) is 37.1. The highest BCUT2D eigenvalue weighted by atomic mass is 35.5. The third-order valence-electron chi connectivity index (χ3n) is 10.2. The van der Waals surface area contributed by atoms with Gasteiger partial charge in [0.2, 0.25) is 17.7 Å². The molecule has 4 heterocycles. The number of nitrogens with two attached hydrogens (primary N) is 1. The normalized spacial score (nSPS) is 22.1. The molecular weight excluding hydrogens is 658 g/mol. The first-order chi connectivity index (χ1) is 23.7. The van der Waals surface area contributed by atoms with E-state index in [0.29, 0.717) is 75.0 Å². The van der Waals surface area contributed by atoms with Crippen LogP contribution in [-0.2, 0) is 33.8 Å². The lowest BCUT2D eigenvalue weighted by molar-refractivity contribution is -0.146. The molecule has 2 saturated heterocycles. The lowest BCUT2D eigenvalue weighted by Gasteiger charge is -2.51. The fraction of sp³-hybridized carbons (Fsp3) is 0.541. The summed E-state index contributed by atoms with van der Waals surface area (Å²) >= 11 is 0. The molecule has 0 aliphatic carbocycles. The Bertz CT molecular complexity index is 1650. The van der Waals surface area contributed by atoms with Crippen molar-refractivity contribution < 1.29 is 23.9 Å². The van der Waals surface area contributed by atoms with Gasteiger partial charge in [-0.05, 0) is 74.5 Å². The maximum Gasteiger partial charge on any atom is 0.244 e. The third kappa shape index (κ3) is 8.40. The molecule has 2 fully saturated rings. The van der Waals surface area contributed by atoms with Crippen LogP contribution in [0.15, 0.2) is 42.5 Å². The molecule has 13 heteroatoms. The fourth-order valence-electron chi connectivity index (χ4n) is 7.85. The van der Waals surface area contributed by atoms with E-state index >= 15 is 0 Å². The smallest absolute Gasteiger partial charge is 0.244 e. The summed E-state index contributed by atoms with van der Waals surface area (Å²) in [4.78, 5) is 49.3. The van der Waals surface area contributed by atoms with Crippen molar-refractivity contribution in [1.82, 2.24) is 29.9 Å². The van der Waals surface area contributed by atoms with Gasteiger partial charge in [-0.25, -0.2) is 9.67 Å². The van der Waals surface area contributed by atoms with Crippen molar-refractivity contribution in [3.8, 4) is 22.9 Å². The lowest BCUT2D eigenvalue weighted by Crippen LogP contribution is -2.60. The highest BCUT2D eigenvalue weighted by molar-refractivity contribution is 5.85. The molecule has 3 N–H and O–H groups in total. The number of aryl methyl sites for hydroxylation is 2. The van der Waals surface area contributed by atoms with E-state index in [0.717, 1.165) is 42.4 Å². The number of piperidine rings is 2. The van der Waals surface area contributed by atoms with Crippen molar-refractivity contribution >= 4 is 30.1 Å². The Balaban J connectivity index is 0.00000486. The van der Waals surface area contributed by atoms with Crippen molar-refractivity contribution in [3.63, 3.8) is 0 Å². The van der Waals surface area contributed by atoms with Gasteiger partial charge >= 0.3 is 0 Å². The second-order valence-electron chi connectivity index (χ2n) is 13.7. The number of benzene rings is 2. The van der Waals surface area contributed by atoms with E-state index < -0.39 is 0 Å². The molecule has 0 unspecified atom stereocenters. The highest BCUT2D eigenvalue weighted by Gasteiger charge is 2.43. The Morgan fingerprint density at radius 3 is 2.56 bits per heavy atom. The second kappa shape index (κ2) is 16.7. The minimum absolute atomic E-state index is 0. The summed E-state index contributed by atoms with van der Waals surface area (Å²) in [5.41, 5.74) is 9.16. The van der Waals surface area contributed by atoms with Crippen molar-refractivity contribution in [2.75, 3.05) is 40.4 Å². The number of hydrogen-bond acceptors (Lipinski definition) is 8. The second-order valence-corrected chi connectivity index (χ2v) is 13.7. The average Bonchev–Trinajstić information content (AvgIpc) is 3.53. The first-order valence-electron chi connectivity index (χ1n) is 17.6. The highest BCUT2D eigenvalue weighted by Crippen LogP contribution is 2.37. The van der Waals surface area contributed by atoms with Crippen LogP contribution >= 0.6 is 12.4 Å². The number of hydrogen-bond donors (Lipinski definition) is 2. The Hall–Kier alpha value is -4.16. The summed E-state index contributed by atoms with van der Waals surface area (Å²) in [7, 11) is 3.26. The number of carbonyl (C=O) groups is 3. The zero-order valence-electron chi connectivity index (χ0n) is 29.3. The van der Waals surface area contributed by atoms with E-state index in [-0.39, 0.29) is 60.6 Å². The molecule has 4 bridgehead atoms. The summed E-state index contributed by atoms with van der Waals surface area (Å²) in [6.07, 6.45) is 5.23. The standard InChI is InChI=1S/C37H49N7O5.ClH/c1-24(38)37-40-36(27-9-5-4-6-10-27)41-44(37)23-34(47)42-20-26-18-29(22-42)30-12-7-13-32(45)39-16-8-11-28-17-25(14-15-33(46)43(30)21-26)19-31(48-2)35(28)49-3;/h4-6,9-10,17,19,24,26,29-30H,7-8,11-16,18,20-23,38H2,1-3H3,(H,39,45);1H/t24-,26-,29+,30-;/m0./s1. The molecule has 3 aliphatic rings. The third-order valence-corrected chi connectivity index (χ3v) is 10.2. The van der Waals surface area contributed by atoms with Crippen LogP contribution in [0.4, 0.5) is 0 Å². The predicted molar refractivity (Wildman–Crippen MR) is 192 cm³/mol. The van der Waals surface area contributed by atoms with E-state index in [1.807, 2.05) is 48.2 Å². The van der Waals surface area contributed by atoms with Crippen molar-refractivity contribution in [1.29, 1.82) is 0 Å². The predicted octanol–water partition coefficient (Wildman–Crippen LogP) is 3.94. The van der Waals surface area contributed by atoms with Gasteiger partial charge in [-0.15, -0.1) is 12.4 Å². The zero-order chi connectivity index (χ0) is 34.5. The SMILES string of the molecule is COc1cc2cc(c1OC)CCCNC(=O)CCC[C@H]1[C@@H]3C[C@@H](CN(C(=O)Cn4nc(-c5ccccc5)nc4[C@H](C)N)C3)CN1C(=O)CC2.Cl. The van der Waals surface area contributed by atoms with E-state index in [2.05, 4.69) is 26.4 Å². The Kier molecular flexibility index (Phi) is 12.4. The van der Waals surface area contributed by atoms with Crippen molar-refractivity contribution in [2.45, 2.75) is 76.9 Å². The van der Waals surface area contributed by atoms with Crippen LogP contribution in [0.3, 0.4) is 0 Å². The lowest BCUT2D eigenvalue weighted by atomic mass is 9.77. The molecule has 0 saturated carbocycles. The minimum Gasteiger partial charge on any atom is -0.493 e. The Morgan fingerprint density at radius 1 is 1.02 bits per heavy atom. The fourth-order valence-corrected chi connectivity index (χ4v) is 7.85. The number of amides is 3. The topological polar surface area (TPSA) is 145 Å². The summed E-state index contributed by atoms with van der Waals surface area (Å²) in [5.74, 6) is 2.86. The first-order valence-corrected chi connectivity index (χ1v) is 17.6. The van der Waals surface area contributed by atoms with Gasteiger partial charge in [0.1, 0.15) is 12.4 Å². The number of halogens is 1. The van der Waals surface area contributed by atoms with Gasteiger partial charge in [0, 0.05) is 50.6 Å². The number of nitrogens with one attached hydrogen (secondary N) is 1. The maximum absolute atomic E-state index is 14.0. The minimum atomic E-state index is -0.390. The summed E-state index contributed by atoms with van der Waals surface area (Å²) < 4.78 is 13.0. The van der Waals surface area contributed by atoms with Gasteiger partial charge in [0.25, 0.3) is 0 Å². The van der Waals surface area contributed by atoms with E-state index in [1.54, 1.807) is 18.9 Å². The maximum atomic E-state index is 14.0. The number of aromatic nitrogens is 3. The van der Waals surface area contributed by atoms with Gasteiger partial charge in [-0.3, -0.25) is 14.4 Å². The molecule has 50 heavy (non-hydrogen) atoms. The molecule has 12 nitrogen and oxygen atoms in total. The van der Waals surface area contributed by atoms with Crippen molar-refractivity contribution in [3.05, 3.63) is 59.4 Å². The van der Waals surface area contributed by atoms with Crippen LogP contribution in [0, 0.1) is 11.8 Å². The number of carbonyl (C=O) groups excluding carboxylic acids is 3.